The van der Waals surface area contributed by atoms with E-state index in [0.29, 0.717) is 6.04 Å². The molecule has 1 fully saturated rings. The molecule has 2 unspecified atom stereocenters. The lowest BCUT2D eigenvalue weighted by Gasteiger charge is -2.29. The molecule has 0 saturated carbocycles. The molecule has 2 aliphatic rings. The van der Waals surface area contributed by atoms with Gasteiger partial charge in [-0.1, -0.05) is 6.07 Å². The third-order valence-electron chi connectivity index (χ3n) is 4.56. The van der Waals surface area contributed by atoms with Gasteiger partial charge >= 0.3 is 6.09 Å². The fourth-order valence-corrected chi connectivity index (χ4v) is 3.50. The summed E-state index contributed by atoms with van der Waals surface area (Å²) in [6.07, 6.45) is 5.93. The monoisotopic (exact) mass is 317 g/mol. The molecule has 1 amide bonds. The van der Waals surface area contributed by atoms with Crippen molar-refractivity contribution in [1.82, 2.24) is 15.2 Å². The van der Waals surface area contributed by atoms with Crippen molar-refractivity contribution in [1.29, 1.82) is 0 Å². The highest BCUT2D eigenvalue weighted by atomic mass is 16.6. The van der Waals surface area contributed by atoms with E-state index < -0.39 is 5.60 Å². The largest absolute Gasteiger partial charge is 0.444 e. The number of nitrogens with one attached hydrogen (secondary N) is 1. The van der Waals surface area contributed by atoms with E-state index in [0.717, 1.165) is 38.8 Å². The van der Waals surface area contributed by atoms with E-state index >= 15 is 0 Å². The lowest BCUT2D eigenvalue weighted by Crippen LogP contribution is -2.44. The van der Waals surface area contributed by atoms with Crippen LogP contribution < -0.4 is 5.32 Å². The maximum Gasteiger partial charge on any atom is 0.410 e. The van der Waals surface area contributed by atoms with Gasteiger partial charge in [-0.25, -0.2) is 4.79 Å². The first kappa shape index (κ1) is 16.2. The average Bonchev–Trinajstić information content (AvgIpc) is 3.10. The van der Waals surface area contributed by atoms with E-state index in [4.69, 9.17) is 4.74 Å². The molecule has 1 N–H and O–H groups in total. The summed E-state index contributed by atoms with van der Waals surface area (Å²) in [7, 11) is 0. The van der Waals surface area contributed by atoms with Gasteiger partial charge in [0.25, 0.3) is 0 Å². The average molecular weight is 317 g/mol. The first-order valence-electron chi connectivity index (χ1n) is 8.61. The van der Waals surface area contributed by atoms with Crippen molar-refractivity contribution < 1.29 is 9.53 Å². The van der Waals surface area contributed by atoms with Crippen LogP contribution in [0.25, 0.3) is 0 Å². The minimum atomic E-state index is -0.439. The number of hydrogen-bond donors (Lipinski definition) is 1. The molecule has 1 aromatic rings. The topological polar surface area (TPSA) is 54.5 Å². The number of amides is 1. The summed E-state index contributed by atoms with van der Waals surface area (Å²) in [6.45, 7) is 7.33. The molecular weight excluding hydrogens is 290 g/mol. The van der Waals surface area contributed by atoms with Crippen LogP contribution in [0, 0.1) is 0 Å². The van der Waals surface area contributed by atoms with Crippen LogP contribution in [0.4, 0.5) is 4.79 Å². The van der Waals surface area contributed by atoms with E-state index in [1.807, 2.05) is 37.9 Å². The molecule has 0 spiro atoms. The maximum atomic E-state index is 12.3. The number of hydrogen-bond acceptors (Lipinski definition) is 4. The van der Waals surface area contributed by atoms with E-state index in [1.54, 1.807) is 0 Å². The van der Waals surface area contributed by atoms with Gasteiger partial charge in [0.15, 0.2) is 0 Å². The quantitative estimate of drug-likeness (QED) is 0.931. The first-order valence-corrected chi connectivity index (χ1v) is 8.61. The van der Waals surface area contributed by atoms with Crippen molar-refractivity contribution >= 4 is 6.09 Å². The van der Waals surface area contributed by atoms with E-state index in [-0.39, 0.29) is 12.1 Å². The predicted molar refractivity (Wildman–Crippen MR) is 89.3 cm³/mol. The second-order valence-electron chi connectivity index (χ2n) is 7.52. The summed E-state index contributed by atoms with van der Waals surface area (Å²) in [5.41, 5.74) is 2.08. The third kappa shape index (κ3) is 3.83. The zero-order valence-electron chi connectivity index (χ0n) is 14.3. The smallest absolute Gasteiger partial charge is 0.410 e. The Balaban J connectivity index is 1.57. The number of fused-ring (bicyclic) bond motifs is 1. The summed E-state index contributed by atoms with van der Waals surface area (Å²) in [6, 6.07) is 4.69. The predicted octanol–water partition coefficient (Wildman–Crippen LogP) is 3.06. The lowest BCUT2D eigenvalue weighted by atomic mass is 10.1. The Morgan fingerprint density at radius 3 is 3.04 bits per heavy atom. The number of ether oxygens (including phenoxy) is 1. The maximum absolute atomic E-state index is 12.3. The highest BCUT2D eigenvalue weighted by Gasteiger charge is 2.33. The van der Waals surface area contributed by atoms with Gasteiger partial charge in [0.1, 0.15) is 5.60 Å². The van der Waals surface area contributed by atoms with Crippen molar-refractivity contribution in [2.45, 2.75) is 64.1 Å². The van der Waals surface area contributed by atoms with Gasteiger partial charge in [0.2, 0.25) is 0 Å². The fourth-order valence-electron chi connectivity index (χ4n) is 3.50. The van der Waals surface area contributed by atoms with Crippen LogP contribution in [0.15, 0.2) is 18.3 Å². The van der Waals surface area contributed by atoms with E-state index in [1.165, 1.54) is 11.3 Å². The molecule has 1 aliphatic carbocycles. The summed E-state index contributed by atoms with van der Waals surface area (Å²) >= 11 is 0. The van der Waals surface area contributed by atoms with Gasteiger partial charge in [0.05, 0.1) is 11.7 Å². The van der Waals surface area contributed by atoms with Crippen LogP contribution in [0.1, 0.15) is 57.3 Å². The summed E-state index contributed by atoms with van der Waals surface area (Å²) in [5.74, 6) is 0. The Kier molecular flexibility index (Phi) is 4.57. The van der Waals surface area contributed by atoms with Crippen LogP contribution in [0.3, 0.4) is 0 Å². The molecule has 5 nitrogen and oxygen atoms in total. The fraction of sp³-hybridized carbons (Fsp3) is 0.667. The van der Waals surface area contributed by atoms with Gasteiger partial charge in [-0.2, -0.15) is 0 Å². The number of carbonyl (C=O) groups excluding carboxylic acids is 1. The Labute approximate surface area is 138 Å². The minimum absolute atomic E-state index is 0.188. The second-order valence-corrected chi connectivity index (χ2v) is 7.52. The highest BCUT2D eigenvalue weighted by Crippen LogP contribution is 2.29. The van der Waals surface area contributed by atoms with Crippen molar-refractivity contribution in [3.05, 3.63) is 29.6 Å². The number of pyridine rings is 1. The number of likely N-dealkylation sites (tertiary alicyclic amines) is 1. The van der Waals surface area contributed by atoms with Gasteiger partial charge in [-0.05, 0) is 58.1 Å². The molecule has 23 heavy (non-hydrogen) atoms. The van der Waals surface area contributed by atoms with Crippen LogP contribution in [0.2, 0.25) is 0 Å². The van der Waals surface area contributed by atoms with Crippen LogP contribution >= 0.6 is 0 Å². The van der Waals surface area contributed by atoms with Gasteiger partial charge in [-0.3, -0.25) is 4.98 Å². The molecular formula is C18H27N3O2. The molecule has 2 heterocycles. The van der Waals surface area contributed by atoms with Gasteiger partial charge in [0, 0.05) is 25.3 Å². The summed E-state index contributed by atoms with van der Waals surface area (Å²) in [4.78, 5) is 18.7. The van der Waals surface area contributed by atoms with Crippen LogP contribution in [0.5, 0.6) is 0 Å². The zero-order valence-corrected chi connectivity index (χ0v) is 14.3. The highest BCUT2D eigenvalue weighted by molar-refractivity contribution is 5.69. The number of aryl methyl sites for hydroxylation is 1. The SMILES string of the molecule is CC(C)(C)OC(=O)N1CCCC1CNC1CCc2cccnc21. The number of nitrogens with zero attached hydrogens (tertiary/aromatic N) is 2. The molecule has 2 atom stereocenters. The normalized spacial score (nSPS) is 23.9. The van der Waals surface area contributed by atoms with Gasteiger partial charge in [-0.15, -0.1) is 0 Å². The van der Waals surface area contributed by atoms with Gasteiger partial charge < -0.3 is 15.0 Å². The molecule has 0 aromatic carbocycles. The number of rotatable bonds is 3. The van der Waals surface area contributed by atoms with Crippen molar-refractivity contribution in [3.63, 3.8) is 0 Å². The minimum Gasteiger partial charge on any atom is -0.444 e. The Bertz CT molecular complexity index is 568. The summed E-state index contributed by atoms with van der Waals surface area (Å²) in [5, 5.41) is 3.62. The number of aromatic nitrogens is 1. The summed E-state index contributed by atoms with van der Waals surface area (Å²) < 4.78 is 5.53. The Hall–Kier alpha value is -1.62. The molecule has 5 heteroatoms. The lowest BCUT2D eigenvalue weighted by molar-refractivity contribution is 0.0224. The molecule has 1 saturated heterocycles. The number of carbonyl (C=O) groups is 1. The van der Waals surface area contributed by atoms with E-state index in [9.17, 15) is 4.79 Å². The van der Waals surface area contributed by atoms with Crippen LogP contribution in [-0.2, 0) is 11.2 Å². The Morgan fingerprint density at radius 1 is 1.43 bits per heavy atom. The standard InChI is InChI=1S/C18H27N3O2/c1-18(2,3)23-17(22)21-11-5-7-14(21)12-20-15-9-8-13-6-4-10-19-16(13)15/h4,6,10,14-15,20H,5,7-9,11-12H2,1-3H3. The molecule has 3 rings (SSSR count). The van der Waals surface area contributed by atoms with Crippen molar-refractivity contribution in [2.75, 3.05) is 13.1 Å². The van der Waals surface area contributed by atoms with Crippen molar-refractivity contribution in [2.24, 2.45) is 0 Å². The molecule has 0 radical (unpaired) electrons. The third-order valence-corrected chi connectivity index (χ3v) is 4.56. The molecule has 126 valence electrons. The zero-order chi connectivity index (χ0) is 16.4. The molecule has 1 aromatic heterocycles. The van der Waals surface area contributed by atoms with Crippen LogP contribution in [-0.4, -0.2) is 40.7 Å². The Morgan fingerprint density at radius 2 is 2.26 bits per heavy atom. The molecule has 0 bridgehead atoms. The first-order chi connectivity index (χ1) is 10.9. The van der Waals surface area contributed by atoms with Crippen molar-refractivity contribution in [3.8, 4) is 0 Å². The molecule has 1 aliphatic heterocycles. The van der Waals surface area contributed by atoms with E-state index in [2.05, 4.69) is 16.4 Å². The second kappa shape index (κ2) is 6.48.